The molecule has 4 rings (SSSR count). The minimum atomic E-state index is -0.670. The molecule has 0 spiro atoms. The smallest absolute Gasteiger partial charge is 0.325 e. The third kappa shape index (κ3) is 3.80. The zero-order valence-electron chi connectivity index (χ0n) is 16.6. The van der Waals surface area contributed by atoms with Crippen LogP contribution in [0.2, 0.25) is 0 Å². The van der Waals surface area contributed by atoms with Gasteiger partial charge in [-0.2, -0.15) is 0 Å². The molecule has 10 nitrogen and oxygen atoms in total. The van der Waals surface area contributed by atoms with Gasteiger partial charge in [0.2, 0.25) is 5.91 Å². The summed E-state index contributed by atoms with van der Waals surface area (Å²) in [6.45, 7) is 3.00. The summed E-state index contributed by atoms with van der Waals surface area (Å²) in [6.07, 6.45) is -0.634. The number of carbonyl (C=O) groups is 3. The molecule has 0 saturated carbocycles. The highest BCUT2D eigenvalue weighted by atomic mass is 19.1. The van der Waals surface area contributed by atoms with E-state index in [0.29, 0.717) is 38.7 Å². The number of rotatable bonds is 4. The van der Waals surface area contributed by atoms with Crippen LogP contribution in [0.5, 0.6) is 0 Å². The van der Waals surface area contributed by atoms with Gasteiger partial charge in [0.05, 0.1) is 6.54 Å². The van der Waals surface area contributed by atoms with E-state index in [1.54, 1.807) is 19.2 Å². The van der Waals surface area contributed by atoms with Crippen LogP contribution in [0.4, 0.5) is 9.18 Å². The van der Waals surface area contributed by atoms with Crippen LogP contribution in [0, 0.1) is 5.82 Å². The first-order valence-corrected chi connectivity index (χ1v) is 9.75. The van der Waals surface area contributed by atoms with Crippen LogP contribution in [-0.2, 0) is 16.1 Å². The Hall–Kier alpha value is -3.21. The van der Waals surface area contributed by atoms with E-state index >= 15 is 0 Å². The number of guanidine groups is 1. The number of aliphatic imine (C=N–C) groups is 1. The zero-order chi connectivity index (χ0) is 21.4. The zero-order valence-corrected chi connectivity index (χ0v) is 16.6. The fourth-order valence-corrected chi connectivity index (χ4v) is 4.06. The number of nitrogens with one attached hydrogen (secondary N) is 1. The minimum absolute atomic E-state index is 0.199. The van der Waals surface area contributed by atoms with Gasteiger partial charge in [0.25, 0.3) is 5.91 Å². The van der Waals surface area contributed by atoms with E-state index in [4.69, 9.17) is 10.7 Å². The lowest BCUT2D eigenvalue weighted by Gasteiger charge is -2.40. The number of primary amides is 1. The van der Waals surface area contributed by atoms with E-state index in [0.717, 1.165) is 5.56 Å². The fraction of sp³-hybridized carbons (Fsp3) is 0.474. The van der Waals surface area contributed by atoms with Gasteiger partial charge in [0.1, 0.15) is 5.82 Å². The Morgan fingerprint density at radius 1 is 1.20 bits per heavy atom. The molecule has 2 unspecified atom stereocenters. The molecule has 4 amide bonds. The first-order chi connectivity index (χ1) is 14.3. The number of halogens is 1. The molecule has 11 heteroatoms. The molecule has 1 aromatic carbocycles. The fourth-order valence-electron chi connectivity index (χ4n) is 4.06. The predicted octanol–water partition coefficient (Wildman–Crippen LogP) is -1.02. The van der Waals surface area contributed by atoms with Crippen LogP contribution in [0.1, 0.15) is 5.56 Å². The van der Waals surface area contributed by atoms with Crippen molar-refractivity contribution >= 4 is 23.8 Å². The Bertz CT molecular complexity index is 883. The number of piperazine rings is 1. The van der Waals surface area contributed by atoms with Crippen molar-refractivity contribution in [2.75, 3.05) is 39.8 Å². The maximum atomic E-state index is 13.3. The van der Waals surface area contributed by atoms with Gasteiger partial charge < -0.3 is 20.4 Å². The summed E-state index contributed by atoms with van der Waals surface area (Å²) in [6, 6.07) is 4.93. The Morgan fingerprint density at radius 2 is 1.87 bits per heavy atom. The molecule has 3 aliphatic heterocycles. The van der Waals surface area contributed by atoms with Crippen LogP contribution in [0.3, 0.4) is 0 Å². The molecule has 2 saturated heterocycles. The number of nitrogens with zero attached hydrogens (tertiary/aromatic N) is 5. The highest BCUT2D eigenvalue weighted by Crippen LogP contribution is 2.27. The van der Waals surface area contributed by atoms with Crippen LogP contribution >= 0.6 is 0 Å². The Labute approximate surface area is 173 Å². The van der Waals surface area contributed by atoms with E-state index in [9.17, 15) is 18.8 Å². The van der Waals surface area contributed by atoms with E-state index in [1.165, 1.54) is 17.0 Å². The van der Waals surface area contributed by atoms with Gasteiger partial charge in [-0.15, -0.1) is 0 Å². The molecule has 0 aromatic heterocycles. The van der Waals surface area contributed by atoms with Gasteiger partial charge in [0, 0.05) is 39.8 Å². The minimum Gasteiger partial charge on any atom is -0.369 e. The number of hydrogen-bond acceptors (Lipinski definition) is 7. The van der Waals surface area contributed by atoms with Crippen molar-refractivity contribution in [2.45, 2.75) is 18.8 Å². The second-order valence-corrected chi connectivity index (χ2v) is 7.68. The number of nitrogens with two attached hydrogens (primary N) is 1. The lowest BCUT2D eigenvalue weighted by molar-refractivity contribution is -0.127. The van der Waals surface area contributed by atoms with Gasteiger partial charge in [-0.1, -0.05) is 12.1 Å². The second-order valence-electron chi connectivity index (χ2n) is 7.68. The van der Waals surface area contributed by atoms with Crippen molar-refractivity contribution < 1.29 is 18.8 Å². The first-order valence-electron chi connectivity index (χ1n) is 9.75. The quantitative estimate of drug-likeness (QED) is 0.648. The largest absolute Gasteiger partial charge is 0.369 e. The normalized spacial score (nSPS) is 24.6. The summed E-state index contributed by atoms with van der Waals surface area (Å²) in [5, 5.41) is 2.37. The standard InChI is InChI=1S/C19H24FN7O3/c1-24-16-15(17(29)23-19(24)30)27(10-12-2-4-13(20)5-3-12)18(22-16)26-8-6-25(7-9-26)11-14(21)28/h2-5,15-16H,6-11H2,1H3,(H2,21,28)(H,23,29,30). The number of amides is 4. The van der Waals surface area contributed by atoms with Crippen LogP contribution in [-0.4, -0.2) is 95.4 Å². The number of benzene rings is 1. The maximum Gasteiger partial charge on any atom is 0.325 e. The number of carbonyl (C=O) groups excluding carboxylic acids is 3. The van der Waals surface area contributed by atoms with E-state index < -0.39 is 24.1 Å². The molecular formula is C19H24FN7O3. The monoisotopic (exact) mass is 417 g/mol. The molecule has 2 atom stereocenters. The van der Waals surface area contributed by atoms with E-state index in [-0.39, 0.29) is 18.3 Å². The number of hydrogen-bond donors (Lipinski definition) is 2. The number of fused-ring (bicyclic) bond motifs is 1. The molecular weight excluding hydrogens is 393 g/mol. The lowest BCUT2D eigenvalue weighted by Crippen LogP contribution is -2.64. The number of likely N-dealkylation sites (N-methyl/N-ethyl adjacent to an activating group) is 1. The molecule has 1 aromatic rings. The summed E-state index contributed by atoms with van der Waals surface area (Å²) in [5.74, 6) is -0.498. The molecule has 0 aliphatic carbocycles. The van der Waals surface area contributed by atoms with Gasteiger partial charge in [-0.3, -0.25) is 19.8 Å². The van der Waals surface area contributed by atoms with Crippen molar-refractivity contribution in [1.29, 1.82) is 0 Å². The van der Waals surface area contributed by atoms with Gasteiger partial charge >= 0.3 is 6.03 Å². The van der Waals surface area contributed by atoms with E-state index in [1.807, 2.05) is 14.7 Å². The Kier molecular flexibility index (Phi) is 5.29. The third-order valence-electron chi connectivity index (χ3n) is 5.64. The summed E-state index contributed by atoms with van der Waals surface area (Å²) in [4.78, 5) is 48.0. The average molecular weight is 417 g/mol. The predicted molar refractivity (Wildman–Crippen MR) is 105 cm³/mol. The number of imide groups is 1. The Balaban J connectivity index is 1.58. The van der Waals surface area contributed by atoms with E-state index in [2.05, 4.69) is 5.32 Å². The van der Waals surface area contributed by atoms with Crippen LogP contribution in [0.15, 0.2) is 29.3 Å². The maximum absolute atomic E-state index is 13.3. The van der Waals surface area contributed by atoms with Crippen molar-refractivity contribution in [1.82, 2.24) is 24.9 Å². The molecule has 2 fully saturated rings. The summed E-state index contributed by atoms with van der Waals surface area (Å²) in [7, 11) is 1.60. The lowest BCUT2D eigenvalue weighted by atomic mass is 10.1. The van der Waals surface area contributed by atoms with Crippen molar-refractivity contribution in [2.24, 2.45) is 10.7 Å². The van der Waals surface area contributed by atoms with Crippen molar-refractivity contribution in [3.05, 3.63) is 35.6 Å². The highest BCUT2D eigenvalue weighted by Gasteiger charge is 2.49. The summed E-state index contributed by atoms with van der Waals surface area (Å²) >= 11 is 0. The second kappa shape index (κ2) is 7.90. The Morgan fingerprint density at radius 3 is 2.50 bits per heavy atom. The topological polar surface area (TPSA) is 115 Å². The molecule has 0 radical (unpaired) electrons. The van der Waals surface area contributed by atoms with Gasteiger partial charge in [-0.05, 0) is 17.7 Å². The van der Waals surface area contributed by atoms with Crippen LogP contribution in [0.25, 0.3) is 0 Å². The molecule has 0 bridgehead atoms. The first kappa shape index (κ1) is 20.1. The molecule has 3 aliphatic rings. The molecule has 3 heterocycles. The van der Waals surface area contributed by atoms with Gasteiger partial charge in [-0.25, -0.2) is 14.2 Å². The van der Waals surface area contributed by atoms with Crippen molar-refractivity contribution in [3.63, 3.8) is 0 Å². The summed E-state index contributed by atoms with van der Waals surface area (Å²) < 4.78 is 13.3. The van der Waals surface area contributed by atoms with Gasteiger partial charge in [0.15, 0.2) is 18.2 Å². The molecule has 3 N–H and O–H groups in total. The summed E-state index contributed by atoms with van der Waals surface area (Å²) in [5.41, 5.74) is 6.11. The molecule has 30 heavy (non-hydrogen) atoms. The van der Waals surface area contributed by atoms with Crippen LogP contribution < -0.4 is 11.1 Å². The SMILES string of the molecule is CN1C(=O)NC(=O)C2C1N=C(N1CCN(CC(N)=O)CC1)N2Cc1ccc(F)cc1. The van der Waals surface area contributed by atoms with Crippen molar-refractivity contribution in [3.8, 4) is 0 Å². The third-order valence-corrected chi connectivity index (χ3v) is 5.64. The average Bonchev–Trinajstić information content (AvgIpc) is 3.08. The number of urea groups is 1. The highest BCUT2D eigenvalue weighted by molar-refractivity contribution is 6.03. The molecule has 160 valence electrons.